The van der Waals surface area contributed by atoms with E-state index in [1.165, 1.54) is 5.56 Å². The molecule has 0 fully saturated rings. The Hall–Kier alpha value is -1.84. The van der Waals surface area contributed by atoms with Gasteiger partial charge >= 0.3 is 0 Å². The molecule has 0 aromatic heterocycles. The summed E-state index contributed by atoms with van der Waals surface area (Å²) in [4.78, 5) is 0. The summed E-state index contributed by atoms with van der Waals surface area (Å²) in [7, 11) is 1.67. The number of rotatable bonds is 6. The van der Waals surface area contributed by atoms with Gasteiger partial charge in [-0.15, -0.1) is 0 Å². The predicted octanol–water partition coefficient (Wildman–Crippen LogP) is 3.22. The molecule has 2 rings (SSSR count). The monoisotopic (exact) mass is 285 g/mol. The van der Waals surface area contributed by atoms with Gasteiger partial charge in [-0.2, -0.15) is 0 Å². The minimum Gasteiger partial charge on any atom is -0.496 e. The van der Waals surface area contributed by atoms with Crippen molar-refractivity contribution in [3.05, 3.63) is 65.2 Å². The minimum absolute atomic E-state index is 0.0439. The molecule has 0 aliphatic rings. The highest BCUT2D eigenvalue weighted by atomic mass is 16.5. The van der Waals surface area contributed by atoms with Crippen LogP contribution in [0.25, 0.3) is 0 Å². The zero-order valence-electron chi connectivity index (χ0n) is 12.8. The first kappa shape index (κ1) is 15.5. The summed E-state index contributed by atoms with van der Waals surface area (Å²) in [6.45, 7) is 4.69. The molecule has 2 N–H and O–H groups in total. The number of ether oxygens (including phenoxy) is 1. The van der Waals surface area contributed by atoms with Crippen molar-refractivity contribution >= 4 is 0 Å². The molecule has 0 aliphatic carbocycles. The number of aliphatic hydroxyl groups is 1. The van der Waals surface area contributed by atoms with Crippen molar-refractivity contribution in [2.75, 3.05) is 7.11 Å². The van der Waals surface area contributed by atoms with Crippen LogP contribution in [0.2, 0.25) is 0 Å². The van der Waals surface area contributed by atoms with E-state index in [1.54, 1.807) is 7.11 Å². The van der Waals surface area contributed by atoms with Crippen LogP contribution in [0.5, 0.6) is 5.75 Å². The molecule has 3 nitrogen and oxygen atoms in total. The second-order valence-electron chi connectivity index (χ2n) is 5.34. The van der Waals surface area contributed by atoms with Gasteiger partial charge in [0.15, 0.2) is 0 Å². The largest absolute Gasteiger partial charge is 0.496 e. The average Bonchev–Trinajstić information content (AvgIpc) is 2.52. The molecule has 0 aliphatic heterocycles. The van der Waals surface area contributed by atoms with Crippen LogP contribution in [-0.2, 0) is 6.54 Å². The molecule has 0 radical (unpaired) electrons. The van der Waals surface area contributed by atoms with Crippen LogP contribution in [0.3, 0.4) is 0 Å². The zero-order chi connectivity index (χ0) is 15.2. The highest BCUT2D eigenvalue weighted by Crippen LogP contribution is 2.20. The lowest BCUT2D eigenvalue weighted by molar-refractivity contribution is 0.135. The van der Waals surface area contributed by atoms with E-state index in [2.05, 4.69) is 5.32 Å². The molecule has 2 aromatic rings. The lowest BCUT2D eigenvalue weighted by atomic mass is 10.0. The number of aliphatic hydroxyl groups excluding tert-OH is 1. The second kappa shape index (κ2) is 7.25. The van der Waals surface area contributed by atoms with E-state index >= 15 is 0 Å². The Morgan fingerprint density at radius 1 is 1.10 bits per heavy atom. The molecule has 0 saturated heterocycles. The van der Waals surface area contributed by atoms with Gasteiger partial charge < -0.3 is 15.2 Å². The molecule has 0 heterocycles. The van der Waals surface area contributed by atoms with Crippen LogP contribution < -0.4 is 10.1 Å². The third-order valence-corrected chi connectivity index (χ3v) is 3.70. The lowest BCUT2D eigenvalue weighted by Crippen LogP contribution is -2.31. The molecule has 0 saturated carbocycles. The van der Waals surface area contributed by atoms with Crippen molar-refractivity contribution in [1.29, 1.82) is 0 Å². The SMILES string of the molecule is COc1ccccc1CNC(C)C(O)c1ccc(C)cc1. The van der Waals surface area contributed by atoms with Crippen molar-refractivity contribution < 1.29 is 9.84 Å². The fourth-order valence-electron chi connectivity index (χ4n) is 2.28. The van der Waals surface area contributed by atoms with Crippen LogP contribution in [0.1, 0.15) is 29.7 Å². The van der Waals surface area contributed by atoms with E-state index in [-0.39, 0.29) is 6.04 Å². The Bertz CT molecular complexity index is 566. The van der Waals surface area contributed by atoms with E-state index in [0.717, 1.165) is 16.9 Å². The molecular formula is C18H23NO2. The van der Waals surface area contributed by atoms with E-state index in [0.29, 0.717) is 6.54 Å². The number of methoxy groups -OCH3 is 1. The maximum atomic E-state index is 10.4. The molecule has 2 aromatic carbocycles. The summed E-state index contributed by atoms with van der Waals surface area (Å²) in [5.74, 6) is 0.863. The number of nitrogens with one attached hydrogen (secondary N) is 1. The molecule has 2 atom stereocenters. The van der Waals surface area contributed by atoms with E-state index in [1.807, 2.05) is 62.4 Å². The van der Waals surface area contributed by atoms with Gasteiger partial charge in [0.2, 0.25) is 0 Å². The molecule has 0 spiro atoms. The zero-order valence-corrected chi connectivity index (χ0v) is 12.8. The van der Waals surface area contributed by atoms with Crippen LogP contribution in [0.15, 0.2) is 48.5 Å². The van der Waals surface area contributed by atoms with Gasteiger partial charge in [-0.25, -0.2) is 0 Å². The number of hydrogen-bond donors (Lipinski definition) is 2. The third kappa shape index (κ3) is 4.06. The molecule has 2 unspecified atom stereocenters. The van der Waals surface area contributed by atoms with Gasteiger partial charge in [-0.05, 0) is 25.5 Å². The first-order valence-corrected chi connectivity index (χ1v) is 7.21. The average molecular weight is 285 g/mol. The standard InChI is InChI=1S/C18H23NO2/c1-13-8-10-15(11-9-13)18(20)14(2)19-12-16-6-4-5-7-17(16)21-3/h4-11,14,18-20H,12H2,1-3H3. The van der Waals surface area contributed by atoms with Gasteiger partial charge in [-0.1, -0.05) is 48.0 Å². The minimum atomic E-state index is -0.527. The van der Waals surface area contributed by atoms with Gasteiger partial charge in [0.1, 0.15) is 5.75 Å². The number of benzene rings is 2. The summed E-state index contributed by atoms with van der Waals surface area (Å²) in [5, 5.41) is 13.7. The smallest absolute Gasteiger partial charge is 0.123 e. The normalized spacial score (nSPS) is 13.7. The Kier molecular flexibility index (Phi) is 5.37. The topological polar surface area (TPSA) is 41.5 Å². The first-order valence-electron chi connectivity index (χ1n) is 7.21. The number of aryl methyl sites for hydroxylation is 1. The summed E-state index contributed by atoms with van der Waals surface area (Å²) in [5.41, 5.74) is 3.21. The van der Waals surface area contributed by atoms with E-state index in [4.69, 9.17) is 4.74 Å². The van der Waals surface area contributed by atoms with Gasteiger partial charge in [0, 0.05) is 18.2 Å². The molecular weight excluding hydrogens is 262 g/mol. The first-order chi connectivity index (χ1) is 10.1. The van der Waals surface area contributed by atoms with Gasteiger partial charge in [0.05, 0.1) is 13.2 Å². The highest BCUT2D eigenvalue weighted by Gasteiger charge is 2.16. The summed E-state index contributed by atoms with van der Waals surface area (Å²) >= 11 is 0. The van der Waals surface area contributed by atoms with Gasteiger partial charge in [-0.3, -0.25) is 0 Å². The van der Waals surface area contributed by atoms with E-state index < -0.39 is 6.10 Å². The maximum Gasteiger partial charge on any atom is 0.123 e. The quantitative estimate of drug-likeness (QED) is 0.856. The Labute approximate surface area is 126 Å². The fourth-order valence-corrected chi connectivity index (χ4v) is 2.28. The summed E-state index contributed by atoms with van der Waals surface area (Å²) < 4.78 is 5.33. The summed E-state index contributed by atoms with van der Waals surface area (Å²) in [6, 6.07) is 15.8. The lowest BCUT2D eigenvalue weighted by Gasteiger charge is -2.21. The van der Waals surface area contributed by atoms with Crippen molar-refractivity contribution in [2.24, 2.45) is 0 Å². The van der Waals surface area contributed by atoms with E-state index in [9.17, 15) is 5.11 Å². The van der Waals surface area contributed by atoms with Crippen LogP contribution >= 0.6 is 0 Å². The van der Waals surface area contributed by atoms with Crippen LogP contribution in [0.4, 0.5) is 0 Å². The molecule has 0 bridgehead atoms. The van der Waals surface area contributed by atoms with Crippen molar-refractivity contribution in [1.82, 2.24) is 5.32 Å². The van der Waals surface area contributed by atoms with Crippen molar-refractivity contribution in [2.45, 2.75) is 32.5 Å². The predicted molar refractivity (Wildman–Crippen MR) is 85.4 cm³/mol. The van der Waals surface area contributed by atoms with Crippen LogP contribution in [-0.4, -0.2) is 18.3 Å². The molecule has 112 valence electrons. The second-order valence-corrected chi connectivity index (χ2v) is 5.34. The molecule has 0 amide bonds. The Morgan fingerprint density at radius 3 is 2.43 bits per heavy atom. The van der Waals surface area contributed by atoms with Crippen LogP contribution in [0, 0.1) is 6.92 Å². The Balaban J connectivity index is 1.97. The number of hydrogen-bond acceptors (Lipinski definition) is 3. The maximum absolute atomic E-state index is 10.4. The van der Waals surface area contributed by atoms with Crippen molar-refractivity contribution in [3.63, 3.8) is 0 Å². The third-order valence-electron chi connectivity index (χ3n) is 3.70. The Morgan fingerprint density at radius 2 is 1.76 bits per heavy atom. The van der Waals surface area contributed by atoms with Gasteiger partial charge in [0.25, 0.3) is 0 Å². The summed E-state index contributed by atoms with van der Waals surface area (Å²) in [6.07, 6.45) is -0.527. The fraction of sp³-hybridized carbons (Fsp3) is 0.333. The molecule has 3 heteroatoms. The number of para-hydroxylation sites is 1. The van der Waals surface area contributed by atoms with Crippen molar-refractivity contribution in [3.8, 4) is 5.75 Å². The highest BCUT2D eigenvalue weighted by molar-refractivity contribution is 5.33. The molecule has 21 heavy (non-hydrogen) atoms.